The normalized spacial score (nSPS) is 10.8. The van der Waals surface area contributed by atoms with Crippen molar-refractivity contribution in [3.05, 3.63) is 81.1 Å². The Bertz CT molecular complexity index is 1300. The summed E-state index contributed by atoms with van der Waals surface area (Å²) in [6.45, 7) is 5.81. The van der Waals surface area contributed by atoms with E-state index in [0.29, 0.717) is 21.8 Å². The van der Waals surface area contributed by atoms with Crippen molar-refractivity contribution in [1.29, 1.82) is 0 Å². The Morgan fingerprint density at radius 3 is 2.41 bits per heavy atom. The van der Waals surface area contributed by atoms with E-state index in [4.69, 9.17) is 4.74 Å². The zero-order valence-corrected chi connectivity index (χ0v) is 18.8. The number of hydrogen-bond acceptors (Lipinski definition) is 7. The average molecular weight is 447 g/mol. The second kappa shape index (κ2) is 9.23. The van der Waals surface area contributed by atoms with Crippen LogP contribution in [-0.4, -0.2) is 26.8 Å². The summed E-state index contributed by atoms with van der Waals surface area (Å²) < 4.78 is 5.40. The Hall–Kier alpha value is -3.65. The molecule has 0 radical (unpaired) electrons. The van der Waals surface area contributed by atoms with Gasteiger partial charge in [-0.2, -0.15) is 0 Å². The van der Waals surface area contributed by atoms with E-state index in [0.717, 1.165) is 28.2 Å². The molecule has 4 aromatic rings. The maximum absolute atomic E-state index is 12.5. The molecule has 0 saturated heterocycles. The first-order valence-corrected chi connectivity index (χ1v) is 11.0. The minimum atomic E-state index is -0.460. The fraction of sp³-hybridized carbons (Fsp3) is 0.208. The molecule has 0 unspecified atom stereocenters. The van der Waals surface area contributed by atoms with Gasteiger partial charge in [0.15, 0.2) is 0 Å². The minimum Gasteiger partial charge on any atom is -0.456 e. The highest BCUT2D eigenvalue weighted by atomic mass is 32.1. The number of rotatable bonds is 6. The summed E-state index contributed by atoms with van der Waals surface area (Å²) >= 11 is 1.36. The lowest BCUT2D eigenvalue weighted by Crippen LogP contribution is -2.14. The van der Waals surface area contributed by atoms with E-state index in [1.54, 1.807) is 23.6 Å². The smallest absolute Gasteiger partial charge is 0.338 e. The van der Waals surface area contributed by atoms with Crippen LogP contribution in [0.2, 0.25) is 0 Å². The van der Waals surface area contributed by atoms with Crippen molar-refractivity contribution in [1.82, 2.24) is 15.0 Å². The van der Waals surface area contributed by atoms with Gasteiger partial charge in [-0.05, 0) is 51.1 Å². The molecular formula is C24H22N4O3S. The Labute approximate surface area is 189 Å². The molecular weight excluding hydrogens is 424 g/mol. The molecule has 8 heteroatoms. The summed E-state index contributed by atoms with van der Waals surface area (Å²) in [6.07, 6.45) is 0.161. The topological polar surface area (TPSA) is 94.1 Å². The van der Waals surface area contributed by atoms with E-state index in [1.807, 2.05) is 45.0 Å². The third kappa shape index (κ3) is 5.15. The monoisotopic (exact) mass is 446 g/mol. The number of carbonyl (C=O) groups excluding carboxylic acids is 2. The molecule has 162 valence electrons. The fourth-order valence-electron chi connectivity index (χ4n) is 3.06. The molecule has 0 aliphatic heterocycles. The third-order valence-corrected chi connectivity index (χ3v) is 5.81. The number of nitrogens with one attached hydrogen (secondary N) is 1. The van der Waals surface area contributed by atoms with Crippen LogP contribution in [0.1, 0.15) is 38.0 Å². The SMILES string of the molecule is Cc1ccc(NC(=O)Cc2nc(COC(=O)c3ccc4nc(C)c(C)nc4c3)cs2)cc1. The van der Waals surface area contributed by atoms with Crippen molar-refractivity contribution in [2.45, 2.75) is 33.8 Å². The van der Waals surface area contributed by atoms with Gasteiger partial charge in [-0.3, -0.25) is 4.79 Å². The number of fused-ring (bicyclic) bond motifs is 1. The molecule has 2 aromatic carbocycles. The number of esters is 1. The summed E-state index contributed by atoms with van der Waals surface area (Å²) in [4.78, 5) is 38.1. The number of anilines is 1. The molecule has 4 rings (SSSR count). The predicted octanol–water partition coefficient (Wildman–Crippen LogP) is 4.55. The van der Waals surface area contributed by atoms with Gasteiger partial charge in [0.25, 0.3) is 0 Å². The van der Waals surface area contributed by atoms with Crippen LogP contribution in [0, 0.1) is 20.8 Å². The van der Waals surface area contributed by atoms with Crippen LogP contribution >= 0.6 is 11.3 Å². The van der Waals surface area contributed by atoms with Crippen molar-refractivity contribution in [3.63, 3.8) is 0 Å². The summed E-state index contributed by atoms with van der Waals surface area (Å²) in [5, 5.41) is 5.30. The summed E-state index contributed by atoms with van der Waals surface area (Å²) in [7, 11) is 0. The highest BCUT2D eigenvalue weighted by Crippen LogP contribution is 2.17. The number of aromatic nitrogens is 3. The Kier molecular flexibility index (Phi) is 6.23. The molecule has 2 heterocycles. The average Bonchev–Trinajstić information content (AvgIpc) is 3.21. The van der Waals surface area contributed by atoms with Gasteiger partial charge in [0.05, 0.1) is 40.1 Å². The van der Waals surface area contributed by atoms with Crippen LogP contribution in [0.4, 0.5) is 5.69 Å². The lowest BCUT2D eigenvalue weighted by molar-refractivity contribution is -0.115. The van der Waals surface area contributed by atoms with Gasteiger partial charge >= 0.3 is 5.97 Å². The lowest BCUT2D eigenvalue weighted by Gasteiger charge is -2.06. The van der Waals surface area contributed by atoms with Gasteiger partial charge in [0, 0.05) is 11.1 Å². The van der Waals surface area contributed by atoms with E-state index in [2.05, 4.69) is 20.3 Å². The van der Waals surface area contributed by atoms with E-state index < -0.39 is 5.97 Å². The highest BCUT2D eigenvalue weighted by molar-refractivity contribution is 7.09. The Morgan fingerprint density at radius 1 is 0.938 bits per heavy atom. The first-order chi connectivity index (χ1) is 15.4. The van der Waals surface area contributed by atoms with E-state index in [9.17, 15) is 9.59 Å². The first kappa shape index (κ1) is 21.6. The van der Waals surface area contributed by atoms with Crippen molar-refractivity contribution >= 4 is 39.9 Å². The highest BCUT2D eigenvalue weighted by Gasteiger charge is 2.13. The number of nitrogens with zero attached hydrogens (tertiary/aromatic N) is 3. The van der Waals surface area contributed by atoms with Crippen molar-refractivity contribution in [2.75, 3.05) is 5.32 Å². The minimum absolute atomic E-state index is 0.0333. The zero-order chi connectivity index (χ0) is 22.7. The van der Waals surface area contributed by atoms with Gasteiger partial charge < -0.3 is 10.1 Å². The third-order valence-electron chi connectivity index (χ3n) is 4.91. The van der Waals surface area contributed by atoms with Crippen LogP contribution in [0.25, 0.3) is 11.0 Å². The molecule has 0 saturated carbocycles. The summed E-state index contributed by atoms with van der Waals surface area (Å²) in [6, 6.07) is 12.7. The number of carbonyl (C=O) groups is 2. The van der Waals surface area contributed by atoms with E-state index >= 15 is 0 Å². The van der Waals surface area contributed by atoms with Crippen LogP contribution in [0.15, 0.2) is 47.8 Å². The number of amides is 1. The first-order valence-electron chi connectivity index (χ1n) is 10.1. The molecule has 0 fully saturated rings. The zero-order valence-electron chi connectivity index (χ0n) is 18.0. The molecule has 1 N–H and O–H groups in total. The number of hydrogen-bond donors (Lipinski definition) is 1. The van der Waals surface area contributed by atoms with Gasteiger partial charge in [-0.25, -0.2) is 19.7 Å². The molecule has 2 aromatic heterocycles. The van der Waals surface area contributed by atoms with Gasteiger partial charge in [0.1, 0.15) is 11.6 Å². The molecule has 0 aliphatic carbocycles. The Morgan fingerprint density at radius 2 is 1.66 bits per heavy atom. The number of aryl methyl sites for hydroxylation is 3. The maximum Gasteiger partial charge on any atom is 0.338 e. The quantitative estimate of drug-likeness (QED) is 0.437. The predicted molar refractivity (Wildman–Crippen MR) is 124 cm³/mol. The van der Waals surface area contributed by atoms with E-state index in [-0.39, 0.29) is 18.9 Å². The summed E-state index contributed by atoms with van der Waals surface area (Å²) in [5.74, 6) is -0.604. The molecule has 1 amide bonds. The number of thiazole rings is 1. The van der Waals surface area contributed by atoms with Crippen LogP contribution in [-0.2, 0) is 22.6 Å². The van der Waals surface area contributed by atoms with Crippen LogP contribution < -0.4 is 5.32 Å². The van der Waals surface area contributed by atoms with Crippen molar-refractivity contribution in [2.24, 2.45) is 0 Å². The molecule has 0 aliphatic rings. The maximum atomic E-state index is 12.5. The second-order valence-electron chi connectivity index (χ2n) is 7.50. The fourth-order valence-corrected chi connectivity index (χ4v) is 3.83. The molecule has 32 heavy (non-hydrogen) atoms. The second-order valence-corrected chi connectivity index (χ2v) is 8.44. The van der Waals surface area contributed by atoms with Crippen molar-refractivity contribution < 1.29 is 14.3 Å². The molecule has 0 bridgehead atoms. The van der Waals surface area contributed by atoms with Crippen molar-refractivity contribution in [3.8, 4) is 0 Å². The van der Waals surface area contributed by atoms with Gasteiger partial charge in [0.2, 0.25) is 5.91 Å². The van der Waals surface area contributed by atoms with E-state index in [1.165, 1.54) is 11.3 Å². The molecule has 7 nitrogen and oxygen atoms in total. The molecule has 0 spiro atoms. The van der Waals surface area contributed by atoms with Crippen LogP contribution in [0.3, 0.4) is 0 Å². The molecule has 0 atom stereocenters. The van der Waals surface area contributed by atoms with Gasteiger partial charge in [-0.15, -0.1) is 11.3 Å². The number of benzene rings is 2. The largest absolute Gasteiger partial charge is 0.456 e. The Balaban J connectivity index is 1.34. The standard InChI is InChI=1S/C24H22N4O3S/c1-14-4-7-18(8-5-14)27-22(29)11-23-28-19(13-32-23)12-31-24(30)17-6-9-20-21(10-17)26-16(3)15(2)25-20/h4-10,13H,11-12H2,1-3H3,(H,27,29). The van der Waals surface area contributed by atoms with Crippen LogP contribution in [0.5, 0.6) is 0 Å². The summed E-state index contributed by atoms with van der Waals surface area (Å²) in [5.41, 5.74) is 5.96. The number of ether oxygens (including phenoxy) is 1. The van der Waals surface area contributed by atoms with Gasteiger partial charge in [-0.1, -0.05) is 17.7 Å². The lowest BCUT2D eigenvalue weighted by atomic mass is 10.2.